The fourth-order valence-corrected chi connectivity index (χ4v) is 3.24. The van der Waals surface area contributed by atoms with Crippen LogP contribution >= 0.6 is 11.3 Å². The van der Waals surface area contributed by atoms with E-state index < -0.39 is 5.97 Å². The van der Waals surface area contributed by atoms with Gasteiger partial charge in [0.05, 0.1) is 42.7 Å². The number of ether oxygens (including phenoxy) is 2. The molecule has 1 unspecified atom stereocenters. The van der Waals surface area contributed by atoms with E-state index in [1.807, 2.05) is 0 Å². The fraction of sp³-hybridized carbons (Fsp3) is 0.353. The van der Waals surface area contributed by atoms with Crippen LogP contribution in [-0.2, 0) is 9.47 Å². The van der Waals surface area contributed by atoms with E-state index in [4.69, 9.17) is 9.47 Å². The zero-order valence-corrected chi connectivity index (χ0v) is 15.0. The van der Waals surface area contributed by atoms with Crippen LogP contribution in [0, 0.1) is 0 Å². The van der Waals surface area contributed by atoms with Crippen LogP contribution in [-0.4, -0.2) is 61.5 Å². The number of aromatic carboxylic acids is 1. The minimum atomic E-state index is -1.12. The number of carbonyl (C=O) groups excluding carboxylic acids is 1. The molecule has 0 bridgehead atoms. The molecule has 8 nitrogen and oxygen atoms in total. The van der Waals surface area contributed by atoms with Crippen LogP contribution < -0.4 is 10.2 Å². The monoisotopic (exact) mass is 377 g/mol. The van der Waals surface area contributed by atoms with E-state index in [0.29, 0.717) is 42.7 Å². The number of nitrogens with one attached hydrogen (secondary N) is 1. The van der Waals surface area contributed by atoms with Crippen molar-refractivity contribution in [3.63, 3.8) is 0 Å². The Bertz CT molecular complexity index is 775. The van der Waals surface area contributed by atoms with E-state index in [2.05, 4.69) is 10.3 Å². The first kappa shape index (κ1) is 18.3. The predicted octanol–water partition coefficient (Wildman–Crippen LogP) is 1.95. The number of amides is 1. The Morgan fingerprint density at radius 2 is 2.31 bits per heavy atom. The summed E-state index contributed by atoms with van der Waals surface area (Å²) in [5.41, 5.74) is 0.336. The first-order chi connectivity index (χ1) is 12.5. The van der Waals surface area contributed by atoms with Crippen LogP contribution in [0.1, 0.15) is 20.0 Å². The van der Waals surface area contributed by atoms with Gasteiger partial charge >= 0.3 is 5.97 Å². The maximum absolute atomic E-state index is 12.1. The molecular weight excluding hydrogens is 358 g/mol. The third kappa shape index (κ3) is 4.37. The fourth-order valence-electron chi connectivity index (χ4n) is 2.62. The molecule has 26 heavy (non-hydrogen) atoms. The normalized spacial score (nSPS) is 16.9. The first-order valence-corrected chi connectivity index (χ1v) is 8.91. The van der Waals surface area contributed by atoms with Gasteiger partial charge in [0.2, 0.25) is 0 Å². The molecule has 3 rings (SSSR count). The molecule has 138 valence electrons. The van der Waals surface area contributed by atoms with Gasteiger partial charge in [-0.3, -0.25) is 4.79 Å². The highest BCUT2D eigenvalue weighted by atomic mass is 32.1. The summed E-state index contributed by atoms with van der Waals surface area (Å²) in [6.45, 7) is 2.00. The lowest BCUT2D eigenvalue weighted by Gasteiger charge is -2.28. The zero-order valence-electron chi connectivity index (χ0n) is 14.2. The van der Waals surface area contributed by atoms with Crippen molar-refractivity contribution < 1.29 is 24.2 Å². The number of hydrogen-bond donors (Lipinski definition) is 2. The lowest BCUT2D eigenvalue weighted by Crippen LogP contribution is -2.39. The Labute approximate surface area is 154 Å². The van der Waals surface area contributed by atoms with Gasteiger partial charge in [-0.05, 0) is 17.5 Å². The Kier molecular flexibility index (Phi) is 5.82. The van der Waals surface area contributed by atoms with E-state index in [1.165, 1.54) is 23.6 Å². The van der Waals surface area contributed by atoms with E-state index in [9.17, 15) is 14.7 Å². The number of rotatable bonds is 6. The van der Waals surface area contributed by atoms with Crippen molar-refractivity contribution in [2.45, 2.75) is 6.10 Å². The molecule has 1 fully saturated rings. The molecule has 0 aromatic carbocycles. The molecule has 1 saturated heterocycles. The minimum Gasteiger partial charge on any atom is -0.478 e. The third-order valence-corrected chi connectivity index (χ3v) is 4.69. The van der Waals surface area contributed by atoms with Crippen LogP contribution in [0.25, 0.3) is 0 Å². The van der Waals surface area contributed by atoms with Gasteiger partial charge in [0.1, 0.15) is 11.4 Å². The lowest BCUT2D eigenvalue weighted by atomic mass is 10.2. The van der Waals surface area contributed by atoms with Crippen LogP contribution in [0.5, 0.6) is 0 Å². The van der Waals surface area contributed by atoms with Crippen molar-refractivity contribution in [2.75, 3.05) is 43.6 Å². The maximum Gasteiger partial charge on any atom is 0.339 e. The van der Waals surface area contributed by atoms with Crippen molar-refractivity contribution in [3.05, 3.63) is 40.2 Å². The summed E-state index contributed by atoms with van der Waals surface area (Å²) in [6, 6.07) is 4.88. The number of pyridine rings is 1. The van der Waals surface area contributed by atoms with Gasteiger partial charge in [0.25, 0.3) is 5.91 Å². The second kappa shape index (κ2) is 8.26. The van der Waals surface area contributed by atoms with Crippen LogP contribution in [0.2, 0.25) is 0 Å². The summed E-state index contributed by atoms with van der Waals surface area (Å²) in [5, 5.41) is 14.0. The maximum atomic E-state index is 12.1. The summed E-state index contributed by atoms with van der Waals surface area (Å²) in [6.07, 6.45) is 1.30. The summed E-state index contributed by atoms with van der Waals surface area (Å²) < 4.78 is 11.0. The van der Waals surface area contributed by atoms with Gasteiger partial charge in [-0.1, -0.05) is 6.07 Å². The number of aromatic nitrogens is 1. The van der Waals surface area contributed by atoms with Gasteiger partial charge in [-0.15, -0.1) is 11.3 Å². The van der Waals surface area contributed by atoms with Crippen molar-refractivity contribution in [1.82, 2.24) is 4.98 Å². The molecule has 3 heterocycles. The lowest BCUT2D eigenvalue weighted by molar-refractivity contribution is -0.0837. The summed E-state index contributed by atoms with van der Waals surface area (Å²) in [4.78, 5) is 30.3. The minimum absolute atomic E-state index is 0.00760. The molecule has 0 spiro atoms. The number of carboxylic acid groups (broad SMARTS) is 1. The molecule has 9 heteroatoms. The zero-order chi connectivity index (χ0) is 18.5. The average molecular weight is 377 g/mol. The molecule has 2 aromatic rings. The molecule has 0 radical (unpaired) electrons. The SMILES string of the molecule is CN(CC1COCCO1)c1ncc(NC(=O)c2cccs2)cc1C(=O)O. The van der Waals surface area contributed by atoms with Crippen molar-refractivity contribution in [3.8, 4) is 0 Å². The molecular formula is C17H19N3O5S. The molecule has 1 atom stereocenters. The van der Waals surface area contributed by atoms with Gasteiger partial charge < -0.3 is 24.8 Å². The first-order valence-electron chi connectivity index (χ1n) is 8.03. The van der Waals surface area contributed by atoms with Crippen molar-refractivity contribution >= 4 is 34.7 Å². The summed E-state index contributed by atoms with van der Waals surface area (Å²) in [5.74, 6) is -1.11. The molecule has 0 aliphatic carbocycles. The van der Waals surface area contributed by atoms with Crippen LogP contribution in [0.3, 0.4) is 0 Å². The quantitative estimate of drug-likeness (QED) is 0.793. The largest absolute Gasteiger partial charge is 0.478 e. The second-order valence-electron chi connectivity index (χ2n) is 5.78. The third-order valence-electron chi connectivity index (χ3n) is 3.82. The van der Waals surface area contributed by atoms with Gasteiger partial charge in [-0.2, -0.15) is 0 Å². The topological polar surface area (TPSA) is 101 Å². The van der Waals surface area contributed by atoms with E-state index in [0.717, 1.165) is 0 Å². The van der Waals surface area contributed by atoms with Gasteiger partial charge in [0.15, 0.2) is 0 Å². The molecule has 2 aromatic heterocycles. The second-order valence-corrected chi connectivity index (χ2v) is 6.73. The predicted molar refractivity (Wildman–Crippen MR) is 97.3 cm³/mol. The number of carbonyl (C=O) groups is 2. The number of likely N-dealkylation sites (N-methyl/N-ethyl adjacent to an activating group) is 1. The van der Waals surface area contributed by atoms with E-state index >= 15 is 0 Å². The summed E-state index contributed by atoms with van der Waals surface area (Å²) >= 11 is 1.31. The smallest absolute Gasteiger partial charge is 0.339 e. The van der Waals surface area contributed by atoms with Crippen molar-refractivity contribution in [1.29, 1.82) is 0 Å². The van der Waals surface area contributed by atoms with E-state index in [-0.39, 0.29) is 17.6 Å². The number of hydrogen-bond acceptors (Lipinski definition) is 7. The van der Waals surface area contributed by atoms with Crippen molar-refractivity contribution in [2.24, 2.45) is 0 Å². The molecule has 2 N–H and O–H groups in total. The Morgan fingerprint density at radius 1 is 1.46 bits per heavy atom. The molecule has 0 saturated carbocycles. The molecule has 1 amide bonds. The van der Waals surface area contributed by atoms with Crippen LogP contribution in [0.4, 0.5) is 11.5 Å². The van der Waals surface area contributed by atoms with E-state index in [1.54, 1.807) is 29.5 Å². The Hall–Kier alpha value is -2.49. The number of anilines is 2. The number of thiophene rings is 1. The highest BCUT2D eigenvalue weighted by molar-refractivity contribution is 7.12. The number of nitrogens with zero attached hydrogens (tertiary/aromatic N) is 2. The Morgan fingerprint density at radius 3 is 2.96 bits per heavy atom. The average Bonchev–Trinajstić information content (AvgIpc) is 3.17. The van der Waals surface area contributed by atoms with Gasteiger partial charge in [0, 0.05) is 13.6 Å². The Balaban J connectivity index is 1.75. The molecule has 1 aliphatic heterocycles. The van der Waals surface area contributed by atoms with Crippen LogP contribution in [0.15, 0.2) is 29.8 Å². The molecule has 1 aliphatic rings. The van der Waals surface area contributed by atoms with Gasteiger partial charge in [-0.25, -0.2) is 9.78 Å². The highest BCUT2D eigenvalue weighted by Gasteiger charge is 2.22. The highest BCUT2D eigenvalue weighted by Crippen LogP contribution is 2.22. The standard InChI is InChI=1S/C17H19N3O5S/c1-20(9-12-10-24-4-5-25-12)15-13(17(22)23)7-11(8-18-15)19-16(21)14-3-2-6-26-14/h2-3,6-8,12H,4-5,9-10H2,1H3,(H,19,21)(H,22,23). The summed E-state index contributed by atoms with van der Waals surface area (Å²) in [7, 11) is 1.75. The number of carboxylic acids is 1.